The molecule has 0 atom stereocenters. The monoisotopic (exact) mass is 287 g/mol. The van der Waals surface area contributed by atoms with Gasteiger partial charge in [0.15, 0.2) is 17.3 Å². The lowest BCUT2D eigenvalue weighted by molar-refractivity contribution is 0.103. The first-order valence-corrected chi connectivity index (χ1v) is 6.78. The minimum atomic E-state index is -0.531. The molecule has 0 heterocycles. The molecule has 0 fully saturated rings. The first kappa shape index (κ1) is 15.2. The van der Waals surface area contributed by atoms with E-state index in [4.69, 9.17) is 4.74 Å². The zero-order chi connectivity index (χ0) is 15.2. The molecule has 0 aliphatic rings. The Kier molecular flexibility index (Phi) is 5.06. The molecule has 2 aromatic rings. The van der Waals surface area contributed by atoms with Crippen LogP contribution in [0.15, 0.2) is 42.5 Å². The Balaban J connectivity index is 2.33. The number of rotatable bonds is 6. The van der Waals surface area contributed by atoms with Crippen molar-refractivity contribution in [2.75, 3.05) is 20.7 Å². The van der Waals surface area contributed by atoms with Crippen molar-refractivity contribution in [3.05, 3.63) is 65.0 Å². The Labute approximate surface area is 123 Å². The molecule has 0 saturated carbocycles. The van der Waals surface area contributed by atoms with Crippen molar-refractivity contribution < 1.29 is 13.9 Å². The fourth-order valence-corrected chi connectivity index (χ4v) is 2.18. The summed E-state index contributed by atoms with van der Waals surface area (Å²) < 4.78 is 18.6. The smallest absolute Gasteiger partial charge is 0.193 e. The Morgan fingerprint density at radius 2 is 2.00 bits per heavy atom. The maximum absolute atomic E-state index is 13.7. The number of benzene rings is 2. The van der Waals surface area contributed by atoms with Crippen LogP contribution < -0.4 is 10.1 Å². The van der Waals surface area contributed by atoms with Gasteiger partial charge in [0.25, 0.3) is 0 Å². The third kappa shape index (κ3) is 3.47. The second kappa shape index (κ2) is 6.99. The molecule has 0 radical (unpaired) electrons. The largest absolute Gasteiger partial charge is 0.494 e. The number of hydrogen-bond donors (Lipinski definition) is 1. The van der Waals surface area contributed by atoms with Gasteiger partial charge in [0, 0.05) is 11.1 Å². The number of carbonyl (C=O) groups is 1. The van der Waals surface area contributed by atoms with Gasteiger partial charge < -0.3 is 10.1 Å². The minimum absolute atomic E-state index is 0.134. The van der Waals surface area contributed by atoms with Gasteiger partial charge in [0.05, 0.1) is 7.11 Å². The van der Waals surface area contributed by atoms with E-state index >= 15 is 0 Å². The Morgan fingerprint density at radius 1 is 1.24 bits per heavy atom. The molecule has 3 nitrogen and oxygen atoms in total. The lowest BCUT2D eigenvalue weighted by atomic mass is 9.96. The predicted molar refractivity (Wildman–Crippen MR) is 80.5 cm³/mol. The number of hydrogen-bond acceptors (Lipinski definition) is 3. The third-order valence-electron chi connectivity index (χ3n) is 3.32. The molecular formula is C17H18FNO2. The van der Waals surface area contributed by atoms with Crippen LogP contribution in [-0.4, -0.2) is 26.5 Å². The molecule has 0 saturated heterocycles. The van der Waals surface area contributed by atoms with Gasteiger partial charge in [0.1, 0.15) is 0 Å². The lowest BCUT2D eigenvalue weighted by Crippen LogP contribution is -2.13. The molecule has 2 rings (SSSR count). The summed E-state index contributed by atoms with van der Waals surface area (Å²) in [5, 5.41) is 3.06. The van der Waals surface area contributed by atoms with Crippen LogP contribution in [0.25, 0.3) is 0 Å². The van der Waals surface area contributed by atoms with Gasteiger partial charge in [-0.1, -0.05) is 24.3 Å². The molecular weight excluding hydrogens is 269 g/mol. The molecule has 0 aliphatic carbocycles. The summed E-state index contributed by atoms with van der Waals surface area (Å²) >= 11 is 0. The van der Waals surface area contributed by atoms with Crippen molar-refractivity contribution in [1.29, 1.82) is 0 Å². The fraction of sp³-hybridized carbons (Fsp3) is 0.235. The lowest BCUT2D eigenvalue weighted by Gasteiger charge is -2.09. The van der Waals surface area contributed by atoms with Gasteiger partial charge in [0.2, 0.25) is 0 Å². The number of ketones is 1. The minimum Gasteiger partial charge on any atom is -0.494 e. The highest BCUT2D eigenvalue weighted by molar-refractivity contribution is 6.10. The van der Waals surface area contributed by atoms with Crippen LogP contribution in [0.3, 0.4) is 0 Å². The summed E-state index contributed by atoms with van der Waals surface area (Å²) in [7, 11) is 3.26. The maximum Gasteiger partial charge on any atom is 0.193 e. The van der Waals surface area contributed by atoms with E-state index in [9.17, 15) is 9.18 Å². The van der Waals surface area contributed by atoms with Gasteiger partial charge >= 0.3 is 0 Å². The normalized spacial score (nSPS) is 10.4. The number of methoxy groups -OCH3 is 1. The Morgan fingerprint density at radius 3 is 2.67 bits per heavy atom. The quantitative estimate of drug-likeness (QED) is 0.830. The van der Waals surface area contributed by atoms with Crippen LogP contribution in [0.1, 0.15) is 21.5 Å². The van der Waals surface area contributed by atoms with E-state index in [1.54, 1.807) is 12.1 Å². The van der Waals surface area contributed by atoms with E-state index in [0.717, 1.165) is 18.5 Å². The summed E-state index contributed by atoms with van der Waals surface area (Å²) in [6.45, 7) is 0.779. The standard InChI is InChI=1S/C17H18FNO2/c1-19-10-9-12-5-3-4-6-14(12)17(20)13-7-8-16(21-2)15(18)11-13/h3-8,11,19H,9-10H2,1-2H3. The van der Waals surface area contributed by atoms with Gasteiger partial charge in [-0.25, -0.2) is 4.39 Å². The molecule has 0 bridgehead atoms. The molecule has 21 heavy (non-hydrogen) atoms. The van der Waals surface area contributed by atoms with Crippen LogP contribution in [0.5, 0.6) is 5.75 Å². The van der Waals surface area contributed by atoms with Crippen molar-refractivity contribution >= 4 is 5.78 Å². The van der Waals surface area contributed by atoms with E-state index in [0.29, 0.717) is 11.1 Å². The third-order valence-corrected chi connectivity index (χ3v) is 3.32. The van der Waals surface area contributed by atoms with Crippen molar-refractivity contribution in [1.82, 2.24) is 5.32 Å². The number of halogens is 1. The molecule has 110 valence electrons. The molecule has 0 unspecified atom stereocenters. The van der Waals surface area contributed by atoms with Gasteiger partial charge in [-0.2, -0.15) is 0 Å². The highest BCUT2D eigenvalue weighted by atomic mass is 19.1. The number of carbonyl (C=O) groups excluding carboxylic acids is 1. The first-order chi connectivity index (χ1) is 10.2. The van der Waals surface area contributed by atoms with E-state index in [1.807, 2.05) is 25.2 Å². The average Bonchev–Trinajstić information content (AvgIpc) is 2.52. The first-order valence-electron chi connectivity index (χ1n) is 6.78. The number of likely N-dealkylation sites (N-methyl/N-ethyl adjacent to an activating group) is 1. The van der Waals surface area contributed by atoms with E-state index < -0.39 is 5.82 Å². The van der Waals surface area contributed by atoms with Gasteiger partial charge in [-0.3, -0.25) is 4.79 Å². The summed E-state index contributed by atoms with van der Waals surface area (Å²) in [5.74, 6) is -0.575. The highest BCUT2D eigenvalue weighted by Crippen LogP contribution is 2.21. The summed E-state index contributed by atoms with van der Waals surface area (Å²) in [6, 6.07) is 11.7. The molecule has 2 aromatic carbocycles. The molecule has 0 aromatic heterocycles. The van der Waals surface area contributed by atoms with Crippen LogP contribution in [0, 0.1) is 5.82 Å². The molecule has 1 N–H and O–H groups in total. The Bertz CT molecular complexity index is 640. The highest BCUT2D eigenvalue weighted by Gasteiger charge is 2.15. The van der Waals surface area contributed by atoms with Crippen molar-refractivity contribution in [3.63, 3.8) is 0 Å². The van der Waals surface area contributed by atoms with Crippen molar-refractivity contribution in [2.45, 2.75) is 6.42 Å². The van der Waals surface area contributed by atoms with Crippen LogP contribution in [-0.2, 0) is 6.42 Å². The SMILES string of the molecule is CNCCc1ccccc1C(=O)c1ccc(OC)c(F)c1. The topological polar surface area (TPSA) is 38.3 Å². The van der Waals surface area contributed by atoms with Crippen LogP contribution in [0.2, 0.25) is 0 Å². The van der Waals surface area contributed by atoms with Gasteiger partial charge in [-0.05, 0) is 43.8 Å². The number of ether oxygens (including phenoxy) is 1. The van der Waals surface area contributed by atoms with Crippen LogP contribution in [0.4, 0.5) is 4.39 Å². The van der Waals surface area contributed by atoms with E-state index in [-0.39, 0.29) is 11.5 Å². The molecule has 4 heteroatoms. The second-order valence-electron chi connectivity index (χ2n) is 4.69. The van der Waals surface area contributed by atoms with E-state index in [2.05, 4.69) is 5.32 Å². The zero-order valence-electron chi connectivity index (χ0n) is 12.2. The second-order valence-corrected chi connectivity index (χ2v) is 4.69. The molecule has 0 spiro atoms. The maximum atomic E-state index is 13.7. The summed E-state index contributed by atoms with van der Waals surface area (Å²) in [4.78, 5) is 12.6. The summed E-state index contributed by atoms with van der Waals surface area (Å²) in [5.41, 5.74) is 1.88. The van der Waals surface area contributed by atoms with Gasteiger partial charge in [-0.15, -0.1) is 0 Å². The van der Waals surface area contributed by atoms with Crippen molar-refractivity contribution in [2.24, 2.45) is 0 Å². The van der Waals surface area contributed by atoms with Crippen molar-refractivity contribution in [3.8, 4) is 5.75 Å². The summed E-state index contributed by atoms with van der Waals surface area (Å²) in [6.07, 6.45) is 0.747. The Hall–Kier alpha value is -2.20. The zero-order valence-corrected chi connectivity index (χ0v) is 12.2. The molecule has 0 amide bonds. The number of nitrogens with one attached hydrogen (secondary N) is 1. The molecule has 0 aliphatic heterocycles. The predicted octanol–water partition coefficient (Wildman–Crippen LogP) is 2.83. The fourth-order valence-electron chi connectivity index (χ4n) is 2.18. The average molecular weight is 287 g/mol. The van der Waals surface area contributed by atoms with Crippen LogP contribution >= 0.6 is 0 Å². The van der Waals surface area contributed by atoms with E-state index in [1.165, 1.54) is 19.2 Å².